The lowest BCUT2D eigenvalue weighted by Gasteiger charge is -2.38. The van der Waals surface area contributed by atoms with E-state index in [1.807, 2.05) is 6.07 Å². The third-order valence-electron chi connectivity index (χ3n) is 7.59. The summed E-state index contributed by atoms with van der Waals surface area (Å²) in [6.07, 6.45) is 6.58. The number of unbranched alkanes of at least 4 members (excludes halogenated alkanes) is 2. The predicted octanol–water partition coefficient (Wildman–Crippen LogP) is 5.66. The number of pyridine rings is 1. The summed E-state index contributed by atoms with van der Waals surface area (Å²) in [6.45, 7) is 4.72. The molecule has 11 nitrogen and oxygen atoms in total. The van der Waals surface area contributed by atoms with Crippen molar-refractivity contribution >= 4 is 45.7 Å². The molecule has 3 amide bonds. The molecule has 0 bridgehead atoms. The van der Waals surface area contributed by atoms with Gasteiger partial charge < -0.3 is 20.7 Å². The van der Waals surface area contributed by atoms with Crippen molar-refractivity contribution in [1.82, 2.24) is 14.8 Å². The van der Waals surface area contributed by atoms with Gasteiger partial charge in [-0.15, -0.1) is 12.4 Å². The number of carbonyl (C=O) groups is 2. The summed E-state index contributed by atoms with van der Waals surface area (Å²) in [4.78, 5) is 33.1. The number of amides is 3. The molecule has 256 valence electrons. The van der Waals surface area contributed by atoms with Crippen molar-refractivity contribution in [2.24, 2.45) is 5.73 Å². The van der Waals surface area contributed by atoms with Crippen molar-refractivity contribution in [1.29, 1.82) is 0 Å². The number of halogens is 3. The largest absolute Gasteiger partial charge is 0.439 e. The van der Waals surface area contributed by atoms with Crippen molar-refractivity contribution in [2.45, 2.75) is 58.0 Å². The van der Waals surface area contributed by atoms with Crippen molar-refractivity contribution < 1.29 is 31.5 Å². The molecule has 4 rings (SSSR count). The van der Waals surface area contributed by atoms with Crippen LogP contribution in [0.1, 0.15) is 50.2 Å². The van der Waals surface area contributed by atoms with Crippen LogP contribution in [0.2, 0.25) is 0 Å². The molecule has 15 heteroatoms. The molecule has 47 heavy (non-hydrogen) atoms. The smallest absolute Gasteiger partial charge is 0.322 e. The average molecular weight is 695 g/mol. The van der Waals surface area contributed by atoms with Crippen LogP contribution in [0.3, 0.4) is 0 Å². The van der Waals surface area contributed by atoms with Gasteiger partial charge in [0.2, 0.25) is 21.8 Å². The zero-order valence-corrected chi connectivity index (χ0v) is 28.0. The summed E-state index contributed by atoms with van der Waals surface area (Å²) in [5.74, 6) is -1.66. The van der Waals surface area contributed by atoms with E-state index in [0.717, 1.165) is 63.1 Å². The molecule has 1 aromatic heterocycles. The summed E-state index contributed by atoms with van der Waals surface area (Å²) >= 11 is 0. The number of primary amides is 1. The van der Waals surface area contributed by atoms with E-state index in [1.54, 1.807) is 41.4 Å². The first-order valence-corrected chi connectivity index (χ1v) is 17.1. The maximum Gasteiger partial charge on any atom is 0.322 e. The van der Waals surface area contributed by atoms with E-state index in [0.29, 0.717) is 36.5 Å². The minimum absolute atomic E-state index is 0. The Hall–Kier alpha value is -4.01. The van der Waals surface area contributed by atoms with Crippen molar-refractivity contribution in [3.05, 3.63) is 77.5 Å². The molecule has 1 fully saturated rings. The molecular weight excluding hydrogens is 654 g/mol. The number of sulfonamides is 1. The van der Waals surface area contributed by atoms with Gasteiger partial charge in [-0.1, -0.05) is 25.8 Å². The van der Waals surface area contributed by atoms with Crippen LogP contribution < -0.4 is 20.5 Å². The summed E-state index contributed by atoms with van der Waals surface area (Å²) in [5, 5.41) is 2.59. The van der Waals surface area contributed by atoms with Crippen LogP contribution in [0.5, 0.6) is 11.6 Å². The van der Waals surface area contributed by atoms with Crippen molar-refractivity contribution in [3.63, 3.8) is 0 Å². The molecule has 0 spiro atoms. The molecule has 2 heterocycles. The number of nitrogens with zero attached hydrogens (tertiary/aromatic N) is 3. The Balaban J connectivity index is 0.00000600. The minimum atomic E-state index is -3.36. The Labute approximate surface area is 280 Å². The molecule has 1 aliphatic rings. The summed E-state index contributed by atoms with van der Waals surface area (Å²) < 4.78 is 59.6. The quantitative estimate of drug-likeness (QED) is 0.185. The molecule has 2 aromatic carbocycles. The maximum atomic E-state index is 14.6. The normalized spacial score (nSPS) is 13.8. The number of rotatable bonds is 14. The van der Waals surface area contributed by atoms with E-state index < -0.39 is 40.0 Å². The second kappa shape index (κ2) is 17.2. The van der Waals surface area contributed by atoms with E-state index in [-0.39, 0.29) is 29.7 Å². The molecule has 0 saturated carbocycles. The van der Waals surface area contributed by atoms with Gasteiger partial charge in [0.05, 0.1) is 18.4 Å². The number of benzene rings is 2. The van der Waals surface area contributed by atoms with E-state index in [2.05, 4.69) is 26.8 Å². The summed E-state index contributed by atoms with van der Waals surface area (Å²) in [6, 6.07) is 11.5. The number of nitrogens with one attached hydrogen (secondary N) is 2. The lowest BCUT2D eigenvalue weighted by molar-refractivity contribution is -0.117. The van der Waals surface area contributed by atoms with Gasteiger partial charge in [0.15, 0.2) is 0 Å². The Morgan fingerprint density at radius 2 is 1.77 bits per heavy atom. The topological polar surface area (TPSA) is 147 Å². The van der Waals surface area contributed by atoms with Gasteiger partial charge in [0.25, 0.3) is 0 Å². The van der Waals surface area contributed by atoms with Crippen LogP contribution >= 0.6 is 12.4 Å². The molecule has 4 N–H and O–H groups in total. The van der Waals surface area contributed by atoms with Gasteiger partial charge >= 0.3 is 6.03 Å². The van der Waals surface area contributed by atoms with Crippen LogP contribution in [0.4, 0.5) is 25.0 Å². The first-order valence-electron chi connectivity index (χ1n) is 15.2. The molecule has 0 unspecified atom stereocenters. The van der Waals surface area contributed by atoms with Gasteiger partial charge in [-0.2, -0.15) is 0 Å². The van der Waals surface area contributed by atoms with Crippen LogP contribution in [0.25, 0.3) is 0 Å². The number of carbonyl (C=O) groups excluding carboxylic acids is 2. The first kappa shape index (κ1) is 37.4. The fraction of sp³-hybridized carbons (Fsp3) is 0.406. The van der Waals surface area contributed by atoms with Crippen molar-refractivity contribution in [2.75, 3.05) is 35.9 Å². The minimum Gasteiger partial charge on any atom is -0.439 e. The lowest BCUT2D eigenvalue weighted by atomic mass is 10.0. The second-order valence-corrected chi connectivity index (χ2v) is 13.2. The van der Waals surface area contributed by atoms with E-state index in [9.17, 15) is 26.8 Å². The highest BCUT2D eigenvalue weighted by Gasteiger charge is 2.28. The Bertz CT molecular complexity index is 1610. The summed E-state index contributed by atoms with van der Waals surface area (Å²) in [5.41, 5.74) is 6.34. The highest BCUT2D eigenvalue weighted by molar-refractivity contribution is 7.92. The van der Waals surface area contributed by atoms with E-state index in [4.69, 9.17) is 10.5 Å². The number of piperidine rings is 1. The van der Waals surface area contributed by atoms with E-state index in [1.165, 1.54) is 0 Å². The predicted molar refractivity (Wildman–Crippen MR) is 179 cm³/mol. The zero-order valence-electron chi connectivity index (χ0n) is 26.4. The highest BCUT2D eigenvalue weighted by Crippen LogP contribution is 2.25. The standard InChI is InChI=1S/C32H40F2N6O5S.ClH/c1-3-4-5-14-40(32(42)37-29-17-23(18-30(35)41)27(33)19-28(29)34)25-12-15-39(16-13-25)21-22-6-11-31(36-20-22)45-26-9-7-24(8-10-26)38-46(2,43)44;/h6-11,17,19-20,25,38H,3-5,12-16,18,21H2,1-2H3,(H2,35,41)(H,37,42);1H. The molecule has 0 aliphatic carbocycles. The van der Waals surface area contributed by atoms with E-state index >= 15 is 0 Å². The second-order valence-electron chi connectivity index (χ2n) is 11.4. The summed E-state index contributed by atoms with van der Waals surface area (Å²) in [7, 11) is -3.36. The van der Waals surface area contributed by atoms with Crippen LogP contribution in [-0.2, 0) is 27.8 Å². The fourth-order valence-corrected chi connectivity index (χ4v) is 5.88. The average Bonchev–Trinajstić information content (AvgIpc) is 2.99. The number of nitrogens with two attached hydrogens (primary N) is 1. The van der Waals surface area contributed by atoms with Gasteiger partial charge in [0, 0.05) is 56.2 Å². The number of urea groups is 1. The SMILES string of the molecule is CCCCCN(C(=O)Nc1cc(CC(N)=O)c(F)cc1F)C1CCN(Cc2ccc(Oc3ccc(NS(C)(=O)=O)cc3)nc2)CC1.Cl. The third-order valence-corrected chi connectivity index (χ3v) is 8.19. The van der Waals surface area contributed by atoms with Gasteiger partial charge in [0.1, 0.15) is 17.4 Å². The molecule has 1 saturated heterocycles. The van der Waals surface area contributed by atoms with Crippen LogP contribution in [0, 0.1) is 11.6 Å². The number of hydrogen-bond acceptors (Lipinski definition) is 7. The van der Waals surface area contributed by atoms with Crippen LogP contribution in [0.15, 0.2) is 54.7 Å². The molecule has 0 radical (unpaired) electrons. The molecular formula is C32H41ClF2N6O5S. The maximum absolute atomic E-state index is 14.6. The molecule has 0 atom stereocenters. The van der Waals surface area contributed by atoms with Gasteiger partial charge in [-0.05, 0) is 60.7 Å². The number of aromatic nitrogens is 1. The number of likely N-dealkylation sites (tertiary alicyclic amines) is 1. The van der Waals surface area contributed by atoms with Crippen molar-refractivity contribution in [3.8, 4) is 11.6 Å². The number of hydrogen-bond donors (Lipinski definition) is 3. The van der Waals surface area contributed by atoms with Crippen LogP contribution in [-0.4, -0.2) is 67.1 Å². The first-order chi connectivity index (χ1) is 21.9. The Morgan fingerprint density at radius 3 is 2.36 bits per heavy atom. The number of anilines is 2. The molecule has 3 aromatic rings. The third kappa shape index (κ3) is 11.6. The lowest BCUT2D eigenvalue weighted by Crippen LogP contribution is -2.49. The fourth-order valence-electron chi connectivity index (χ4n) is 5.32. The highest BCUT2D eigenvalue weighted by atomic mass is 35.5. The number of ether oxygens (including phenoxy) is 1. The Kier molecular flexibility index (Phi) is 13.7. The monoisotopic (exact) mass is 694 g/mol. The van der Waals surface area contributed by atoms with Gasteiger partial charge in [-0.25, -0.2) is 27.0 Å². The molecule has 1 aliphatic heterocycles. The Morgan fingerprint density at radius 1 is 1.06 bits per heavy atom. The zero-order chi connectivity index (χ0) is 33.3. The van der Waals surface area contributed by atoms with Gasteiger partial charge in [-0.3, -0.25) is 14.4 Å².